The predicted octanol–water partition coefficient (Wildman–Crippen LogP) is 0.487. The third-order valence-electron chi connectivity index (χ3n) is 2.81. The van der Waals surface area contributed by atoms with Crippen LogP contribution in [0, 0.1) is 0 Å². The first-order valence-corrected chi connectivity index (χ1v) is 5.66. The number of amides is 1. The summed E-state index contributed by atoms with van der Waals surface area (Å²) >= 11 is 0. The Morgan fingerprint density at radius 1 is 1.60 bits per heavy atom. The predicted molar refractivity (Wildman–Crippen MR) is 59.3 cm³/mol. The van der Waals surface area contributed by atoms with E-state index in [0.29, 0.717) is 25.9 Å². The summed E-state index contributed by atoms with van der Waals surface area (Å²) in [6.45, 7) is 1.26. The van der Waals surface area contributed by atoms with Gasteiger partial charge in [-0.25, -0.2) is 0 Å². The van der Waals surface area contributed by atoms with E-state index in [1.54, 1.807) is 4.90 Å². The lowest BCUT2D eigenvalue weighted by atomic mass is 10.1. The van der Waals surface area contributed by atoms with E-state index in [1.165, 1.54) is 0 Å². The Morgan fingerprint density at radius 3 is 3.07 bits per heavy atom. The standard InChI is InChI=1S/C11H22N2O2/c1-9-7-10(14)8-13(9)11(15)5-3-2-4-6-12/h9-10,14H,2-8,12H2,1H3/t9-,10-/m1/s1/i1D. The molecule has 1 aliphatic heterocycles. The summed E-state index contributed by atoms with van der Waals surface area (Å²) in [7, 11) is 0. The van der Waals surface area contributed by atoms with Gasteiger partial charge in [-0.05, 0) is 32.7 Å². The average Bonchev–Trinajstić information content (AvgIpc) is 2.65. The van der Waals surface area contributed by atoms with E-state index < -0.39 is 6.10 Å². The molecule has 0 saturated carbocycles. The Bertz CT molecular complexity index is 226. The number of aliphatic hydroxyl groups excluding tert-OH is 1. The van der Waals surface area contributed by atoms with Crippen molar-refractivity contribution in [3.63, 3.8) is 0 Å². The smallest absolute Gasteiger partial charge is 0.222 e. The Balaban J connectivity index is 2.29. The third-order valence-corrected chi connectivity index (χ3v) is 2.81. The van der Waals surface area contributed by atoms with Crippen molar-refractivity contribution in [1.29, 1.82) is 0 Å². The molecule has 15 heavy (non-hydrogen) atoms. The summed E-state index contributed by atoms with van der Waals surface area (Å²) in [6, 6.07) is -0.0861. The first-order chi connectivity index (χ1) is 7.69. The molecule has 0 spiro atoms. The minimum Gasteiger partial charge on any atom is -0.391 e. The summed E-state index contributed by atoms with van der Waals surface area (Å²) in [5.41, 5.74) is 5.38. The number of aliphatic hydroxyl groups is 1. The zero-order valence-corrected chi connectivity index (χ0v) is 9.19. The molecule has 1 heterocycles. The molecule has 0 aliphatic carbocycles. The van der Waals surface area contributed by atoms with Crippen LogP contribution in [0.5, 0.6) is 0 Å². The van der Waals surface area contributed by atoms with Crippen molar-refractivity contribution < 1.29 is 11.3 Å². The van der Waals surface area contributed by atoms with Crippen molar-refractivity contribution in [3.8, 4) is 0 Å². The average molecular weight is 215 g/mol. The van der Waals surface area contributed by atoms with Crippen LogP contribution in [0.2, 0.25) is 0 Å². The SMILES string of the molecule is [2H]C[C@@H]1C[C@@H](O)CN1C(=O)CCCCCN. The Morgan fingerprint density at radius 2 is 2.40 bits per heavy atom. The fourth-order valence-corrected chi connectivity index (χ4v) is 1.94. The van der Waals surface area contributed by atoms with Crippen LogP contribution < -0.4 is 5.73 Å². The minimum absolute atomic E-state index is 0.0748. The first kappa shape index (κ1) is 10.9. The number of rotatable bonds is 5. The number of nitrogens with two attached hydrogens (primary N) is 1. The van der Waals surface area contributed by atoms with Crippen LogP contribution in [-0.4, -0.2) is 41.1 Å². The Kier molecular flexibility index (Phi) is 4.41. The van der Waals surface area contributed by atoms with Crippen LogP contribution in [0.15, 0.2) is 0 Å². The summed E-state index contributed by atoms with van der Waals surface area (Å²) in [4.78, 5) is 13.5. The molecular formula is C11H22N2O2. The van der Waals surface area contributed by atoms with Crippen molar-refractivity contribution in [2.45, 2.75) is 51.1 Å². The van der Waals surface area contributed by atoms with Gasteiger partial charge in [0.2, 0.25) is 5.91 Å². The number of hydrogen-bond acceptors (Lipinski definition) is 3. The maximum Gasteiger partial charge on any atom is 0.222 e. The van der Waals surface area contributed by atoms with Gasteiger partial charge in [0.05, 0.1) is 6.10 Å². The van der Waals surface area contributed by atoms with Gasteiger partial charge >= 0.3 is 0 Å². The van der Waals surface area contributed by atoms with Gasteiger partial charge in [-0.1, -0.05) is 6.42 Å². The highest BCUT2D eigenvalue weighted by Crippen LogP contribution is 2.18. The van der Waals surface area contributed by atoms with Gasteiger partial charge in [0, 0.05) is 20.4 Å². The lowest BCUT2D eigenvalue weighted by Gasteiger charge is -2.20. The molecule has 0 unspecified atom stereocenters. The molecule has 3 N–H and O–H groups in total. The van der Waals surface area contributed by atoms with E-state index >= 15 is 0 Å². The monoisotopic (exact) mass is 215 g/mol. The molecule has 1 rings (SSSR count). The minimum atomic E-state index is -0.441. The lowest BCUT2D eigenvalue weighted by molar-refractivity contribution is -0.132. The van der Waals surface area contributed by atoms with Crippen molar-refractivity contribution >= 4 is 5.91 Å². The highest BCUT2D eigenvalue weighted by atomic mass is 16.3. The van der Waals surface area contributed by atoms with E-state index in [1.807, 2.05) is 0 Å². The molecule has 2 atom stereocenters. The highest BCUT2D eigenvalue weighted by molar-refractivity contribution is 5.76. The molecule has 88 valence electrons. The number of hydrogen-bond donors (Lipinski definition) is 2. The van der Waals surface area contributed by atoms with Crippen LogP contribution >= 0.6 is 0 Å². The quantitative estimate of drug-likeness (QED) is 0.656. The number of nitrogens with zero attached hydrogens (tertiary/aromatic N) is 1. The van der Waals surface area contributed by atoms with E-state index in [9.17, 15) is 9.90 Å². The molecule has 4 nitrogen and oxygen atoms in total. The summed E-state index contributed by atoms with van der Waals surface area (Å²) < 4.78 is 7.34. The second-order valence-electron chi connectivity index (χ2n) is 4.19. The molecule has 0 bridgehead atoms. The van der Waals surface area contributed by atoms with Gasteiger partial charge in [-0.15, -0.1) is 0 Å². The zero-order chi connectivity index (χ0) is 12.0. The van der Waals surface area contributed by atoms with E-state index in [-0.39, 0.29) is 18.8 Å². The molecule has 1 aliphatic rings. The molecule has 0 aromatic heterocycles. The fourth-order valence-electron chi connectivity index (χ4n) is 1.94. The summed E-state index contributed by atoms with van der Waals surface area (Å²) in [5, 5.41) is 9.47. The largest absolute Gasteiger partial charge is 0.391 e. The first-order valence-electron chi connectivity index (χ1n) is 6.36. The van der Waals surface area contributed by atoms with Crippen LogP contribution in [0.25, 0.3) is 0 Å². The second kappa shape index (κ2) is 6.08. The third kappa shape index (κ3) is 3.80. The van der Waals surface area contributed by atoms with Crippen LogP contribution in [0.3, 0.4) is 0 Å². The number of β-amino-alcohol motifs (C(OH)–C–C–N with tert-alkyl or cyclic N) is 1. The van der Waals surface area contributed by atoms with Crippen LogP contribution in [0.4, 0.5) is 0 Å². The molecule has 1 fully saturated rings. The zero-order valence-electron chi connectivity index (χ0n) is 10.2. The van der Waals surface area contributed by atoms with Crippen LogP contribution in [-0.2, 0) is 4.79 Å². The number of likely N-dealkylation sites (tertiary alicyclic amines) is 1. The number of carbonyl (C=O) groups is 1. The Hall–Kier alpha value is -0.610. The van der Waals surface area contributed by atoms with E-state index in [2.05, 4.69) is 0 Å². The van der Waals surface area contributed by atoms with Crippen molar-refractivity contribution in [3.05, 3.63) is 0 Å². The normalized spacial score (nSPS) is 26.8. The van der Waals surface area contributed by atoms with Crippen LogP contribution in [0.1, 0.15) is 40.4 Å². The van der Waals surface area contributed by atoms with Crippen molar-refractivity contribution in [2.24, 2.45) is 5.73 Å². The topological polar surface area (TPSA) is 66.6 Å². The van der Waals surface area contributed by atoms with Crippen molar-refractivity contribution in [2.75, 3.05) is 13.1 Å². The molecule has 1 amide bonds. The molecule has 0 aromatic carbocycles. The van der Waals surface area contributed by atoms with Gasteiger partial charge in [-0.2, -0.15) is 0 Å². The summed E-state index contributed by atoms with van der Waals surface area (Å²) in [5.74, 6) is 0.0748. The fraction of sp³-hybridized carbons (Fsp3) is 0.909. The number of unbranched alkanes of at least 4 members (excludes halogenated alkanes) is 2. The Labute approximate surface area is 92.8 Å². The maximum absolute atomic E-state index is 11.8. The molecular weight excluding hydrogens is 192 g/mol. The molecule has 4 heteroatoms. The molecule has 0 radical (unpaired) electrons. The van der Waals surface area contributed by atoms with Gasteiger partial charge in [0.25, 0.3) is 0 Å². The second-order valence-corrected chi connectivity index (χ2v) is 4.19. The van der Waals surface area contributed by atoms with Gasteiger partial charge in [0.1, 0.15) is 0 Å². The highest BCUT2D eigenvalue weighted by Gasteiger charge is 2.30. The lowest BCUT2D eigenvalue weighted by Crippen LogP contribution is -2.34. The van der Waals surface area contributed by atoms with Crippen molar-refractivity contribution in [1.82, 2.24) is 4.90 Å². The van der Waals surface area contributed by atoms with E-state index in [4.69, 9.17) is 7.10 Å². The summed E-state index contributed by atoms with van der Waals surface area (Å²) in [6.07, 6.45) is 3.42. The van der Waals surface area contributed by atoms with Gasteiger partial charge in [0.15, 0.2) is 0 Å². The van der Waals surface area contributed by atoms with E-state index in [0.717, 1.165) is 19.3 Å². The van der Waals surface area contributed by atoms with Gasteiger partial charge in [-0.3, -0.25) is 4.79 Å². The molecule has 0 aromatic rings. The maximum atomic E-state index is 11.8. The molecule has 1 saturated heterocycles. The number of carbonyl (C=O) groups excluding carboxylic acids is 1. The van der Waals surface area contributed by atoms with Gasteiger partial charge < -0.3 is 15.7 Å².